The standard InChI is InChI=1S/C18H16ClN3O/c1-23-17-5-3-2-4-16(17)22-18(12-6-8-13(19)9-7-12)14-10-20-11-15(14)21-22/h2-9,20H,10-11H2,1H3. The molecule has 4 rings (SSSR count). The Kier molecular flexibility index (Phi) is 3.56. The van der Waals surface area contributed by atoms with Crippen LogP contribution in [0.4, 0.5) is 0 Å². The van der Waals surface area contributed by atoms with Crippen LogP contribution >= 0.6 is 11.6 Å². The SMILES string of the molecule is COc1ccccc1-n1nc2c(c1-c1ccc(Cl)cc1)CNC2. The van der Waals surface area contributed by atoms with Gasteiger partial charge < -0.3 is 10.1 Å². The zero-order valence-corrected chi connectivity index (χ0v) is 13.5. The number of fused-ring (bicyclic) bond motifs is 1. The van der Waals surface area contributed by atoms with Crippen molar-refractivity contribution in [1.29, 1.82) is 0 Å². The number of methoxy groups -OCH3 is 1. The van der Waals surface area contributed by atoms with Crippen LogP contribution < -0.4 is 10.1 Å². The predicted molar refractivity (Wildman–Crippen MR) is 91.1 cm³/mol. The lowest BCUT2D eigenvalue weighted by atomic mass is 10.1. The maximum Gasteiger partial charge on any atom is 0.144 e. The third kappa shape index (κ3) is 2.40. The largest absolute Gasteiger partial charge is 0.494 e. The molecule has 0 amide bonds. The van der Waals surface area contributed by atoms with Gasteiger partial charge in [0.2, 0.25) is 0 Å². The zero-order valence-electron chi connectivity index (χ0n) is 12.7. The molecular weight excluding hydrogens is 310 g/mol. The van der Waals surface area contributed by atoms with E-state index in [9.17, 15) is 0 Å². The summed E-state index contributed by atoms with van der Waals surface area (Å²) >= 11 is 6.04. The molecule has 2 heterocycles. The van der Waals surface area contributed by atoms with E-state index in [1.165, 1.54) is 5.56 Å². The number of para-hydroxylation sites is 2. The number of nitrogens with zero attached hydrogens (tertiary/aromatic N) is 2. The molecule has 0 aliphatic carbocycles. The van der Waals surface area contributed by atoms with E-state index in [1.807, 2.05) is 53.2 Å². The Morgan fingerprint density at radius 2 is 1.87 bits per heavy atom. The molecule has 0 saturated carbocycles. The highest BCUT2D eigenvalue weighted by Gasteiger charge is 2.24. The van der Waals surface area contributed by atoms with Gasteiger partial charge in [-0.1, -0.05) is 35.9 Å². The third-order valence-corrected chi connectivity index (χ3v) is 4.34. The summed E-state index contributed by atoms with van der Waals surface area (Å²) in [6.07, 6.45) is 0. The Hall–Kier alpha value is -2.30. The summed E-state index contributed by atoms with van der Waals surface area (Å²) in [4.78, 5) is 0. The van der Waals surface area contributed by atoms with Crippen molar-refractivity contribution in [2.75, 3.05) is 7.11 Å². The Balaban J connectivity index is 1.96. The van der Waals surface area contributed by atoms with E-state index in [4.69, 9.17) is 21.4 Å². The summed E-state index contributed by atoms with van der Waals surface area (Å²) < 4.78 is 7.49. The highest BCUT2D eigenvalue weighted by atomic mass is 35.5. The molecule has 1 aliphatic rings. The third-order valence-electron chi connectivity index (χ3n) is 4.09. The summed E-state index contributed by atoms with van der Waals surface area (Å²) in [5.74, 6) is 0.803. The van der Waals surface area contributed by atoms with Gasteiger partial charge in [-0.05, 0) is 24.3 Å². The molecule has 0 radical (unpaired) electrons. The van der Waals surface area contributed by atoms with Gasteiger partial charge in [-0.25, -0.2) is 4.68 Å². The zero-order chi connectivity index (χ0) is 15.8. The van der Waals surface area contributed by atoms with Crippen LogP contribution in [-0.2, 0) is 13.1 Å². The minimum absolute atomic E-state index is 0.729. The molecule has 2 aromatic carbocycles. The minimum Gasteiger partial charge on any atom is -0.494 e. The van der Waals surface area contributed by atoms with Gasteiger partial charge in [-0.15, -0.1) is 0 Å². The second kappa shape index (κ2) is 5.72. The highest BCUT2D eigenvalue weighted by Crippen LogP contribution is 2.34. The van der Waals surface area contributed by atoms with Gasteiger partial charge >= 0.3 is 0 Å². The Morgan fingerprint density at radius 1 is 1.09 bits per heavy atom. The maximum absolute atomic E-state index is 6.04. The van der Waals surface area contributed by atoms with E-state index in [0.717, 1.165) is 46.5 Å². The first-order valence-electron chi connectivity index (χ1n) is 7.49. The molecule has 1 aromatic heterocycles. The molecule has 4 nitrogen and oxygen atoms in total. The van der Waals surface area contributed by atoms with Gasteiger partial charge in [-0.3, -0.25) is 0 Å². The van der Waals surface area contributed by atoms with Gasteiger partial charge in [0.1, 0.15) is 11.4 Å². The van der Waals surface area contributed by atoms with Crippen LogP contribution in [0.1, 0.15) is 11.3 Å². The second-order valence-corrected chi connectivity index (χ2v) is 5.90. The number of hydrogen-bond acceptors (Lipinski definition) is 3. The topological polar surface area (TPSA) is 39.1 Å². The van der Waals surface area contributed by atoms with Gasteiger partial charge in [-0.2, -0.15) is 5.10 Å². The molecule has 23 heavy (non-hydrogen) atoms. The number of aromatic nitrogens is 2. The van der Waals surface area contributed by atoms with Crippen LogP contribution in [0, 0.1) is 0 Å². The first kappa shape index (κ1) is 14.3. The minimum atomic E-state index is 0.729. The van der Waals surface area contributed by atoms with E-state index in [-0.39, 0.29) is 0 Å². The van der Waals surface area contributed by atoms with Crippen LogP contribution in [-0.4, -0.2) is 16.9 Å². The summed E-state index contributed by atoms with van der Waals surface area (Å²) in [6, 6.07) is 15.8. The molecule has 5 heteroatoms. The van der Waals surface area contributed by atoms with Gasteiger partial charge in [0.25, 0.3) is 0 Å². The second-order valence-electron chi connectivity index (χ2n) is 5.47. The molecule has 0 atom stereocenters. The fourth-order valence-corrected chi connectivity index (χ4v) is 3.14. The van der Waals surface area contributed by atoms with Crippen molar-refractivity contribution in [1.82, 2.24) is 15.1 Å². The normalized spacial score (nSPS) is 13.1. The first-order valence-corrected chi connectivity index (χ1v) is 7.86. The number of hydrogen-bond donors (Lipinski definition) is 1. The lowest BCUT2D eigenvalue weighted by Crippen LogP contribution is -2.08. The van der Waals surface area contributed by atoms with Crippen LogP contribution in [0.15, 0.2) is 48.5 Å². The molecular formula is C18H16ClN3O. The smallest absolute Gasteiger partial charge is 0.144 e. The summed E-state index contributed by atoms with van der Waals surface area (Å²) in [5, 5.41) is 8.90. The van der Waals surface area contributed by atoms with Crippen molar-refractivity contribution in [2.45, 2.75) is 13.1 Å². The number of ether oxygens (including phenoxy) is 1. The number of rotatable bonds is 3. The van der Waals surface area contributed by atoms with E-state index in [0.29, 0.717) is 0 Å². The van der Waals surface area contributed by atoms with Crippen molar-refractivity contribution in [3.05, 3.63) is 64.8 Å². The summed E-state index contributed by atoms with van der Waals surface area (Å²) in [6.45, 7) is 1.61. The molecule has 0 saturated heterocycles. The predicted octanol–water partition coefficient (Wildman–Crippen LogP) is 3.80. The van der Waals surface area contributed by atoms with Crippen LogP contribution in [0.2, 0.25) is 5.02 Å². The van der Waals surface area contributed by atoms with E-state index in [2.05, 4.69) is 5.32 Å². The van der Waals surface area contributed by atoms with Crippen molar-refractivity contribution in [3.8, 4) is 22.7 Å². The fraction of sp³-hybridized carbons (Fsp3) is 0.167. The van der Waals surface area contributed by atoms with Crippen molar-refractivity contribution in [2.24, 2.45) is 0 Å². The molecule has 0 bridgehead atoms. The monoisotopic (exact) mass is 325 g/mol. The Labute approximate surface area is 139 Å². The highest BCUT2D eigenvalue weighted by molar-refractivity contribution is 6.30. The van der Waals surface area contributed by atoms with E-state index in [1.54, 1.807) is 7.11 Å². The van der Waals surface area contributed by atoms with Crippen molar-refractivity contribution in [3.63, 3.8) is 0 Å². The molecule has 0 fully saturated rings. The number of halogens is 1. The number of benzene rings is 2. The van der Waals surface area contributed by atoms with Crippen LogP contribution in [0.25, 0.3) is 16.9 Å². The van der Waals surface area contributed by atoms with Gasteiger partial charge in [0.05, 0.1) is 18.5 Å². The molecule has 1 aliphatic heterocycles. The van der Waals surface area contributed by atoms with Crippen LogP contribution in [0.5, 0.6) is 5.75 Å². The molecule has 0 spiro atoms. The quantitative estimate of drug-likeness (QED) is 0.796. The lowest BCUT2D eigenvalue weighted by molar-refractivity contribution is 0.411. The molecule has 3 aromatic rings. The van der Waals surface area contributed by atoms with Gasteiger partial charge in [0, 0.05) is 29.2 Å². The van der Waals surface area contributed by atoms with Crippen molar-refractivity contribution >= 4 is 11.6 Å². The average molecular weight is 326 g/mol. The Bertz CT molecular complexity index is 855. The summed E-state index contributed by atoms with van der Waals surface area (Å²) in [5.41, 5.74) is 5.44. The summed E-state index contributed by atoms with van der Waals surface area (Å²) in [7, 11) is 1.68. The number of nitrogens with one attached hydrogen (secondary N) is 1. The van der Waals surface area contributed by atoms with E-state index >= 15 is 0 Å². The maximum atomic E-state index is 6.04. The van der Waals surface area contributed by atoms with Gasteiger partial charge in [0.15, 0.2) is 0 Å². The first-order chi connectivity index (χ1) is 11.3. The van der Waals surface area contributed by atoms with Crippen molar-refractivity contribution < 1.29 is 4.74 Å². The lowest BCUT2D eigenvalue weighted by Gasteiger charge is -2.13. The van der Waals surface area contributed by atoms with Crippen LogP contribution in [0.3, 0.4) is 0 Å². The van der Waals surface area contributed by atoms with E-state index < -0.39 is 0 Å². The molecule has 0 unspecified atom stereocenters. The average Bonchev–Trinajstić information content (AvgIpc) is 3.16. The Morgan fingerprint density at radius 3 is 2.65 bits per heavy atom. The molecule has 116 valence electrons. The molecule has 1 N–H and O–H groups in total. The fourth-order valence-electron chi connectivity index (χ4n) is 3.01.